The second kappa shape index (κ2) is 5.38. The van der Waals surface area contributed by atoms with Gasteiger partial charge in [0.2, 0.25) is 0 Å². The fraction of sp³-hybridized carbons (Fsp3) is 0.133. The summed E-state index contributed by atoms with van der Waals surface area (Å²) in [5.41, 5.74) is 1.96. The van der Waals surface area contributed by atoms with Crippen molar-refractivity contribution in [1.82, 2.24) is 9.38 Å². The first-order valence-corrected chi connectivity index (χ1v) is 7.19. The van der Waals surface area contributed by atoms with Crippen molar-refractivity contribution >= 4 is 22.3 Å². The van der Waals surface area contributed by atoms with E-state index in [2.05, 4.69) is 11.1 Å². The molecule has 104 valence electrons. The minimum atomic E-state index is -0.409. The number of benzene rings is 1. The molecule has 0 unspecified atom stereocenters. The van der Waals surface area contributed by atoms with Gasteiger partial charge in [-0.2, -0.15) is 5.26 Å². The molecule has 0 saturated heterocycles. The number of aromatic nitrogens is 2. The van der Waals surface area contributed by atoms with Crippen LogP contribution in [0.25, 0.3) is 15.4 Å². The Bertz CT molecular complexity index is 809. The predicted octanol–water partition coefficient (Wildman–Crippen LogP) is 3.11. The summed E-state index contributed by atoms with van der Waals surface area (Å²) in [6.45, 7) is 2.10. The van der Waals surface area contributed by atoms with E-state index in [9.17, 15) is 4.79 Å². The highest BCUT2D eigenvalue weighted by Crippen LogP contribution is 2.28. The van der Waals surface area contributed by atoms with Gasteiger partial charge >= 0.3 is 5.97 Å². The Morgan fingerprint density at radius 2 is 2.14 bits per heavy atom. The van der Waals surface area contributed by atoms with Crippen LogP contribution in [0.5, 0.6) is 0 Å². The number of carbonyl (C=O) groups is 1. The first-order chi connectivity index (χ1) is 10.2. The number of esters is 1. The quantitative estimate of drug-likeness (QED) is 0.697. The minimum Gasteiger partial charge on any atom is -0.461 e. The van der Waals surface area contributed by atoms with Crippen LogP contribution in [0.3, 0.4) is 0 Å². The van der Waals surface area contributed by atoms with Gasteiger partial charge in [0.25, 0.3) is 0 Å². The molecular weight excluding hydrogens is 286 g/mol. The van der Waals surface area contributed by atoms with Gasteiger partial charge in [-0.25, -0.2) is 9.78 Å². The molecule has 0 aliphatic carbocycles. The first-order valence-electron chi connectivity index (χ1n) is 6.37. The van der Waals surface area contributed by atoms with Crippen molar-refractivity contribution in [3.05, 3.63) is 47.9 Å². The normalized spacial score (nSPS) is 10.5. The fourth-order valence-electron chi connectivity index (χ4n) is 1.94. The lowest BCUT2D eigenvalue weighted by Gasteiger charge is -1.97. The van der Waals surface area contributed by atoms with Crippen LogP contribution in [0.4, 0.5) is 0 Å². The second-order valence-corrected chi connectivity index (χ2v) is 5.33. The molecule has 2 aromatic heterocycles. The molecule has 6 heteroatoms. The van der Waals surface area contributed by atoms with Crippen LogP contribution < -0.4 is 0 Å². The summed E-state index contributed by atoms with van der Waals surface area (Å²) in [5.74, 6) is -0.409. The Kier molecular flexibility index (Phi) is 3.42. The van der Waals surface area contributed by atoms with Gasteiger partial charge in [-0.3, -0.25) is 4.40 Å². The number of imidazole rings is 1. The predicted molar refractivity (Wildman–Crippen MR) is 79.2 cm³/mol. The average Bonchev–Trinajstić information content (AvgIpc) is 3.06. The van der Waals surface area contributed by atoms with Crippen LogP contribution in [-0.2, 0) is 4.74 Å². The zero-order valence-electron chi connectivity index (χ0n) is 11.2. The summed E-state index contributed by atoms with van der Waals surface area (Å²) >= 11 is 1.48. The van der Waals surface area contributed by atoms with Crippen LogP contribution in [0, 0.1) is 11.3 Å². The third-order valence-corrected chi connectivity index (χ3v) is 3.98. The van der Waals surface area contributed by atoms with E-state index in [4.69, 9.17) is 10.00 Å². The van der Waals surface area contributed by atoms with E-state index in [0.717, 1.165) is 15.4 Å². The molecule has 21 heavy (non-hydrogen) atoms. The largest absolute Gasteiger partial charge is 0.461 e. The van der Waals surface area contributed by atoms with Gasteiger partial charge in [0, 0.05) is 12.4 Å². The number of nitriles is 1. The van der Waals surface area contributed by atoms with E-state index in [1.165, 1.54) is 11.3 Å². The number of thiazole rings is 1. The average molecular weight is 297 g/mol. The molecular formula is C15H11N3O2S. The van der Waals surface area contributed by atoms with Crippen LogP contribution in [0.2, 0.25) is 0 Å². The molecule has 0 bridgehead atoms. The molecule has 0 N–H and O–H groups in total. The smallest absolute Gasteiger partial charge is 0.358 e. The number of hydrogen-bond donors (Lipinski definition) is 0. The van der Waals surface area contributed by atoms with Gasteiger partial charge in [-0.15, -0.1) is 0 Å². The minimum absolute atomic E-state index is 0.314. The lowest BCUT2D eigenvalue weighted by Crippen LogP contribution is -2.04. The van der Waals surface area contributed by atoms with Gasteiger partial charge in [-0.05, 0) is 24.6 Å². The first kappa shape index (κ1) is 13.3. The maximum Gasteiger partial charge on any atom is 0.358 e. The monoisotopic (exact) mass is 297 g/mol. The van der Waals surface area contributed by atoms with E-state index >= 15 is 0 Å². The fourth-order valence-corrected chi connectivity index (χ4v) is 2.91. The highest BCUT2D eigenvalue weighted by atomic mass is 32.1. The van der Waals surface area contributed by atoms with E-state index in [-0.39, 0.29) is 0 Å². The van der Waals surface area contributed by atoms with Gasteiger partial charge in [0.15, 0.2) is 10.7 Å². The standard InChI is InChI=1S/C15H11N3O2S/c1-2-20-14(19)12-8-18-9-13(21-15(18)17-12)11-5-3-10(7-16)4-6-11/h3-6,8-9H,2H2,1H3. The van der Waals surface area contributed by atoms with E-state index in [1.807, 2.05) is 22.7 Å². The molecule has 3 aromatic rings. The Morgan fingerprint density at radius 3 is 2.76 bits per heavy atom. The number of carbonyl (C=O) groups excluding carboxylic acids is 1. The molecule has 0 spiro atoms. The van der Waals surface area contributed by atoms with Gasteiger partial charge in [0.05, 0.1) is 23.1 Å². The summed E-state index contributed by atoms with van der Waals surface area (Å²) in [6, 6.07) is 9.45. The summed E-state index contributed by atoms with van der Waals surface area (Å²) in [5, 5.41) is 8.80. The molecule has 3 rings (SSSR count). The highest BCUT2D eigenvalue weighted by molar-refractivity contribution is 7.20. The molecule has 0 amide bonds. The Morgan fingerprint density at radius 1 is 1.38 bits per heavy atom. The summed E-state index contributed by atoms with van der Waals surface area (Å²) < 4.78 is 6.74. The number of nitrogens with zero attached hydrogens (tertiary/aromatic N) is 3. The second-order valence-electron chi connectivity index (χ2n) is 4.32. The van der Waals surface area contributed by atoms with Crippen LogP contribution in [-0.4, -0.2) is 22.0 Å². The molecule has 0 aliphatic rings. The van der Waals surface area contributed by atoms with Crippen molar-refractivity contribution < 1.29 is 9.53 Å². The third-order valence-electron chi connectivity index (χ3n) is 2.94. The van der Waals surface area contributed by atoms with Gasteiger partial charge in [-0.1, -0.05) is 23.5 Å². The van der Waals surface area contributed by atoms with Crippen molar-refractivity contribution in [2.45, 2.75) is 6.92 Å². The van der Waals surface area contributed by atoms with E-state index in [1.54, 1.807) is 25.3 Å². The van der Waals surface area contributed by atoms with Crippen molar-refractivity contribution in [1.29, 1.82) is 5.26 Å². The highest BCUT2D eigenvalue weighted by Gasteiger charge is 2.14. The van der Waals surface area contributed by atoms with E-state index in [0.29, 0.717) is 17.9 Å². The lowest BCUT2D eigenvalue weighted by atomic mass is 10.1. The van der Waals surface area contributed by atoms with Crippen molar-refractivity contribution in [3.63, 3.8) is 0 Å². The molecule has 5 nitrogen and oxygen atoms in total. The number of hydrogen-bond acceptors (Lipinski definition) is 5. The zero-order valence-corrected chi connectivity index (χ0v) is 12.1. The number of rotatable bonds is 3. The topological polar surface area (TPSA) is 67.4 Å². The molecule has 0 saturated carbocycles. The number of fused-ring (bicyclic) bond motifs is 1. The van der Waals surface area contributed by atoms with Crippen LogP contribution >= 0.6 is 11.3 Å². The van der Waals surface area contributed by atoms with Crippen LogP contribution in [0.1, 0.15) is 23.0 Å². The van der Waals surface area contributed by atoms with Crippen molar-refractivity contribution in [2.24, 2.45) is 0 Å². The van der Waals surface area contributed by atoms with Crippen molar-refractivity contribution in [2.75, 3.05) is 6.61 Å². The summed E-state index contributed by atoms with van der Waals surface area (Å²) in [4.78, 5) is 17.6. The van der Waals surface area contributed by atoms with Gasteiger partial charge in [0.1, 0.15) is 0 Å². The molecule has 1 aromatic carbocycles. The molecule has 0 atom stereocenters. The number of ether oxygens (including phenoxy) is 1. The Balaban J connectivity index is 1.93. The summed E-state index contributed by atoms with van der Waals surface area (Å²) in [7, 11) is 0. The third kappa shape index (κ3) is 2.51. The maximum absolute atomic E-state index is 11.6. The molecule has 0 aliphatic heterocycles. The summed E-state index contributed by atoms with van der Waals surface area (Å²) in [6.07, 6.45) is 3.58. The molecule has 0 radical (unpaired) electrons. The van der Waals surface area contributed by atoms with Gasteiger partial charge < -0.3 is 4.74 Å². The Hall–Kier alpha value is -2.65. The lowest BCUT2D eigenvalue weighted by molar-refractivity contribution is 0.0520. The maximum atomic E-state index is 11.6. The van der Waals surface area contributed by atoms with Crippen molar-refractivity contribution in [3.8, 4) is 16.5 Å². The Labute approximate surface area is 125 Å². The SMILES string of the molecule is CCOC(=O)c1cn2cc(-c3ccc(C#N)cc3)sc2n1. The van der Waals surface area contributed by atoms with E-state index < -0.39 is 5.97 Å². The van der Waals surface area contributed by atoms with Crippen LogP contribution in [0.15, 0.2) is 36.7 Å². The molecule has 0 fully saturated rings. The molecule has 2 heterocycles. The zero-order chi connectivity index (χ0) is 14.8.